The highest BCUT2D eigenvalue weighted by atomic mass is 19.1. The number of carboxylic acid groups (broad SMARTS) is 2. The third kappa shape index (κ3) is 4.80. The van der Waals surface area contributed by atoms with Gasteiger partial charge in [0.2, 0.25) is 5.95 Å². The van der Waals surface area contributed by atoms with E-state index in [9.17, 15) is 29.4 Å². The zero-order valence-corrected chi connectivity index (χ0v) is 24.4. The molecule has 1 amide bonds. The summed E-state index contributed by atoms with van der Waals surface area (Å²) in [5, 5.41) is 32.0. The van der Waals surface area contributed by atoms with Crippen LogP contribution in [0.15, 0.2) is 54.9 Å². The molecule has 15 heteroatoms. The van der Waals surface area contributed by atoms with Crippen LogP contribution in [-0.4, -0.2) is 94.7 Å². The molecule has 0 radical (unpaired) electrons. The molecule has 1 saturated heterocycles. The predicted molar refractivity (Wildman–Crippen MR) is 156 cm³/mol. The SMILES string of the molecule is Cn1cc(C(=O)C(=O)N2CCN(c3nnnn3-c3ccccc3)CC2)c2c(F)cnc(C3(C(=O)O)CC=CC(C)(C(=O)O)C3)c21. The number of benzene rings is 1. The molecule has 45 heavy (non-hydrogen) atoms. The van der Waals surface area contributed by atoms with Gasteiger partial charge in [-0.3, -0.25) is 24.2 Å². The molecule has 4 aromatic rings. The van der Waals surface area contributed by atoms with Gasteiger partial charge in [0.05, 0.1) is 39.5 Å². The minimum atomic E-state index is -1.82. The highest BCUT2D eigenvalue weighted by Gasteiger charge is 2.52. The van der Waals surface area contributed by atoms with Gasteiger partial charge in [-0.15, -0.1) is 0 Å². The average Bonchev–Trinajstić information content (AvgIpc) is 3.67. The average molecular weight is 617 g/mol. The van der Waals surface area contributed by atoms with E-state index in [1.54, 1.807) is 4.68 Å². The molecule has 1 aliphatic carbocycles. The summed E-state index contributed by atoms with van der Waals surface area (Å²) < 4.78 is 18.4. The van der Waals surface area contributed by atoms with Crippen molar-refractivity contribution < 1.29 is 33.8 Å². The standard InChI is InChI=1S/C30H29FN8O6/c1-29(26(42)43)9-6-10-30(17-29,27(44)45)24-22-21(20(31)15-32-24)19(16-36(22)2)23(40)25(41)37-11-13-38(14-12-37)28-33-34-35-39(28)18-7-4-3-5-8-18/h3-9,15-16H,10-14,17H2,1-2H3,(H,42,43)(H,44,45). The summed E-state index contributed by atoms with van der Waals surface area (Å²) in [7, 11) is 1.49. The van der Waals surface area contributed by atoms with Crippen LogP contribution in [0.2, 0.25) is 0 Å². The molecule has 1 aromatic carbocycles. The number of aliphatic carboxylic acids is 2. The minimum absolute atomic E-state index is 0.00848. The summed E-state index contributed by atoms with van der Waals surface area (Å²) in [6.07, 6.45) is 4.57. The van der Waals surface area contributed by atoms with Crippen molar-refractivity contribution in [1.29, 1.82) is 0 Å². The molecule has 4 heterocycles. The smallest absolute Gasteiger partial charge is 0.316 e. The molecule has 1 fully saturated rings. The van der Waals surface area contributed by atoms with E-state index in [1.165, 1.54) is 41.8 Å². The Kier molecular flexibility index (Phi) is 7.17. The summed E-state index contributed by atoms with van der Waals surface area (Å²) in [5.41, 5.74) is -2.89. The maximum absolute atomic E-state index is 15.4. The number of aromatic nitrogens is 6. The van der Waals surface area contributed by atoms with E-state index in [0.717, 1.165) is 11.9 Å². The Morgan fingerprint density at radius 1 is 1.00 bits per heavy atom. The highest BCUT2D eigenvalue weighted by Crippen LogP contribution is 2.47. The second kappa shape index (κ2) is 10.9. The van der Waals surface area contributed by atoms with E-state index in [0.29, 0.717) is 19.0 Å². The van der Waals surface area contributed by atoms with E-state index in [4.69, 9.17) is 0 Å². The van der Waals surface area contributed by atoms with Gasteiger partial charge in [-0.25, -0.2) is 4.39 Å². The van der Waals surface area contributed by atoms with Gasteiger partial charge in [0, 0.05) is 39.4 Å². The fraction of sp³-hybridized carbons (Fsp3) is 0.333. The molecule has 232 valence electrons. The van der Waals surface area contributed by atoms with E-state index in [1.807, 2.05) is 35.2 Å². The van der Waals surface area contributed by atoms with Crippen molar-refractivity contribution in [3.05, 3.63) is 72.0 Å². The Labute approximate surface area is 255 Å². The topological polar surface area (TPSA) is 177 Å². The van der Waals surface area contributed by atoms with Crippen molar-refractivity contribution in [2.75, 3.05) is 31.1 Å². The first-order valence-electron chi connectivity index (χ1n) is 14.2. The van der Waals surface area contributed by atoms with Crippen molar-refractivity contribution in [1.82, 2.24) is 34.7 Å². The lowest BCUT2D eigenvalue weighted by atomic mass is 9.64. The molecular formula is C30H29FN8O6. The van der Waals surface area contributed by atoms with Gasteiger partial charge < -0.3 is 24.6 Å². The van der Waals surface area contributed by atoms with Crippen molar-refractivity contribution in [3.8, 4) is 5.69 Å². The van der Waals surface area contributed by atoms with Gasteiger partial charge >= 0.3 is 11.9 Å². The normalized spacial score (nSPS) is 21.7. The number of carbonyl (C=O) groups is 4. The second-order valence-corrected chi connectivity index (χ2v) is 11.6. The van der Waals surface area contributed by atoms with Crippen LogP contribution in [0.3, 0.4) is 0 Å². The first-order chi connectivity index (χ1) is 21.5. The zero-order chi connectivity index (χ0) is 32.1. The number of rotatable bonds is 7. The molecule has 0 saturated carbocycles. The molecule has 0 spiro atoms. The van der Waals surface area contributed by atoms with Crippen LogP contribution in [0.1, 0.15) is 35.8 Å². The Morgan fingerprint density at radius 2 is 1.71 bits per heavy atom. The largest absolute Gasteiger partial charge is 0.481 e. The molecule has 2 unspecified atom stereocenters. The number of para-hydroxylation sites is 1. The second-order valence-electron chi connectivity index (χ2n) is 11.6. The number of amides is 1. The van der Waals surface area contributed by atoms with Gasteiger partial charge in [0.25, 0.3) is 11.7 Å². The number of allylic oxidation sites excluding steroid dienone is 1. The number of hydrogen-bond acceptors (Lipinski definition) is 9. The number of carbonyl (C=O) groups excluding carboxylic acids is 2. The number of nitrogens with zero attached hydrogens (tertiary/aromatic N) is 8. The van der Waals surface area contributed by atoms with Gasteiger partial charge in [0.1, 0.15) is 5.41 Å². The maximum atomic E-state index is 15.4. The van der Waals surface area contributed by atoms with Gasteiger partial charge in [-0.1, -0.05) is 35.4 Å². The number of tetrazole rings is 1. The number of ketones is 1. The van der Waals surface area contributed by atoms with Crippen molar-refractivity contribution >= 4 is 40.5 Å². The van der Waals surface area contributed by atoms with Gasteiger partial charge in [-0.05, 0) is 42.3 Å². The highest BCUT2D eigenvalue weighted by molar-refractivity contribution is 6.45. The number of aryl methyl sites for hydroxylation is 1. The van der Waals surface area contributed by atoms with E-state index >= 15 is 4.39 Å². The van der Waals surface area contributed by atoms with Crippen molar-refractivity contribution in [3.63, 3.8) is 0 Å². The number of hydrogen-bond donors (Lipinski definition) is 2. The van der Waals surface area contributed by atoms with Crippen LogP contribution in [0.25, 0.3) is 16.6 Å². The molecule has 6 rings (SSSR count). The summed E-state index contributed by atoms with van der Waals surface area (Å²) in [4.78, 5) is 59.3. The van der Waals surface area contributed by atoms with Crippen molar-refractivity contribution in [2.24, 2.45) is 12.5 Å². The van der Waals surface area contributed by atoms with Crippen LogP contribution in [0.4, 0.5) is 10.3 Å². The summed E-state index contributed by atoms with van der Waals surface area (Å²) in [5.74, 6) is -4.76. The van der Waals surface area contributed by atoms with E-state index in [2.05, 4.69) is 20.5 Å². The van der Waals surface area contributed by atoms with Crippen LogP contribution >= 0.6 is 0 Å². The van der Waals surface area contributed by atoms with E-state index < -0.39 is 40.3 Å². The molecule has 14 nitrogen and oxygen atoms in total. The lowest BCUT2D eigenvalue weighted by Gasteiger charge is -2.38. The van der Waals surface area contributed by atoms with Crippen LogP contribution < -0.4 is 4.90 Å². The van der Waals surface area contributed by atoms with Crippen LogP contribution in [-0.2, 0) is 26.8 Å². The number of anilines is 1. The van der Waals surface area contributed by atoms with Crippen LogP contribution in [0, 0.1) is 11.2 Å². The lowest BCUT2D eigenvalue weighted by molar-refractivity contribution is -0.151. The monoisotopic (exact) mass is 616 g/mol. The Morgan fingerprint density at radius 3 is 2.38 bits per heavy atom. The molecule has 2 N–H and O–H groups in total. The first-order valence-corrected chi connectivity index (χ1v) is 14.2. The van der Waals surface area contributed by atoms with Gasteiger partial charge in [0.15, 0.2) is 5.82 Å². The maximum Gasteiger partial charge on any atom is 0.316 e. The third-order valence-corrected chi connectivity index (χ3v) is 8.67. The van der Waals surface area contributed by atoms with Crippen molar-refractivity contribution in [2.45, 2.75) is 25.2 Å². The molecular weight excluding hydrogens is 587 g/mol. The molecule has 3 aromatic heterocycles. The quantitative estimate of drug-likeness (QED) is 0.176. The molecule has 0 bridgehead atoms. The Balaban J connectivity index is 1.28. The first kappa shape index (κ1) is 29.6. The number of pyridine rings is 1. The molecule has 2 aliphatic rings. The molecule has 1 aliphatic heterocycles. The molecule has 2 atom stereocenters. The predicted octanol–water partition coefficient (Wildman–Crippen LogP) is 1.98. The van der Waals surface area contributed by atoms with Gasteiger partial charge in [-0.2, -0.15) is 4.68 Å². The Hall–Kier alpha value is -5.47. The third-order valence-electron chi connectivity index (χ3n) is 8.67. The zero-order valence-electron chi connectivity index (χ0n) is 24.4. The summed E-state index contributed by atoms with van der Waals surface area (Å²) in [6.45, 7) is 2.43. The number of fused-ring (bicyclic) bond motifs is 1. The fourth-order valence-corrected chi connectivity index (χ4v) is 6.28. The number of carboxylic acids is 2. The van der Waals surface area contributed by atoms with E-state index in [-0.39, 0.29) is 48.1 Å². The minimum Gasteiger partial charge on any atom is -0.481 e. The number of piperazine rings is 1. The fourth-order valence-electron chi connectivity index (χ4n) is 6.28. The summed E-state index contributed by atoms with van der Waals surface area (Å²) in [6, 6.07) is 9.31. The number of halogens is 1. The summed E-state index contributed by atoms with van der Waals surface area (Å²) >= 11 is 0. The van der Waals surface area contributed by atoms with Crippen LogP contribution in [0.5, 0.6) is 0 Å². The number of Topliss-reactive ketones (excluding diaryl/α,β-unsaturated/α-hetero) is 1. The lowest BCUT2D eigenvalue weighted by Crippen LogP contribution is -2.51. The Bertz CT molecular complexity index is 1880.